The van der Waals surface area contributed by atoms with E-state index in [0.29, 0.717) is 16.8 Å². The molecule has 40 heavy (non-hydrogen) atoms. The van der Waals surface area contributed by atoms with Gasteiger partial charge in [-0.25, -0.2) is 9.18 Å². The zero-order chi connectivity index (χ0) is 27.4. The Morgan fingerprint density at radius 1 is 1.02 bits per heavy atom. The minimum Gasteiger partial charge on any atom is -1.00 e. The lowest BCUT2D eigenvalue weighted by molar-refractivity contribution is -0.646. The SMILES string of the molecule is CCN(CC)c1ccc2cc(/C=C/c3ccc4cc(F)c(NCCCN5CCCC5)cc4[n+]3C)c(=O)oc2c1.[I-]. The first-order chi connectivity index (χ1) is 19.0. The Morgan fingerprint density at radius 3 is 2.52 bits per heavy atom. The fourth-order valence-electron chi connectivity index (χ4n) is 5.45. The van der Waals surface area contributed by atoms with Gasteiger partial charge in [-0.3, -0.25) is 0 Å². The van der Waals surface area contributed by atoms with Gasteiger partial charge in [0.05, 0.1) is 11.3 Å². The normalized spacial score (nSPS) is 13.8. The quantitative estimate of drug-likeness (QED) is 0.123. The van der Waals surface area contributed by atoms with E-state index in [4.69, 9.17) is 4.42 Å². The number of nitrogens with one attached hydrogen (secondary N) is 1. The first-order valence-corrected chi connectivity index (χ1v) is 14.1. The van der Waals surface area contributed by atoms with Gasteiger partial charge in [0.1, 0.15) is 18.4 Å². The standard InChI is InChI=1S/C32H37FN4O2.HI/c1-4-37(5-2)27-14-10-24-19-25(32(38)39-31(24)21-27)11-13-26-12-9-23-20-28(33)29(22-30(23)35(26)3)34-15-8-18-36-16-6-7-17-36;/h9-14,19-22H,4-8,15-18H2,1-3H3;1H/b13-11+;. The number of aryl methyl sites for hydroxylation is 1. The van der Waals surface area contributed by atoms with Crippen molar-refractivity contribution in [3.05, 3.63) is 76.0 Å². The van der Waals surface area contributed by atoms with Gasteiger partial charge in [-0.2, -0.15) is 4.57 Å². The van der Waals surface area contributed by atoms with Crippen LogP contribution in [-0.2, 0) is 7.05 Å². The van der Waals surface area contributed by atoms with Crippen molar-refractivity contribution >= 4 is 45.4 Å². The summed E-state index contributed by atoms with van der Waals surface area (Å²) in [5.41, 5.74) is 4.05. The molecule has 1 fully saturated rings. The number of hydrogen-bond acceptors (Lipinski definition) is 5. The van der Waals surface area contributed by atoms with Crippen LogP contribution in [0.2, 0.25) is 0 Å². The fourth-order valence-corrected chi connectivity index (χ4v) is 5.45. The second-order valence-electron chi connectivity index (χ2n) is 10.3. The molecule has 0 radical (unpaired) electrons. The Bertz CT molecular complexity index is 1560. The van der Waals surface area contributed by atoms with E-state index >= 15 is 0 Å². The molecule has 1 saturated heterocycles. The predicted octanol–water partition coefficient (Wildman–Crippen LogP) is 2.83. The van der Waals surface area contributed by atoms with Gasteiger partial charge in [-0.15, -0.1) is 0 Å². The Kier molecular flexibility index (Phi) is 10.2. The second-order valence-corrected chi connectivity index (χ2v) is 10.3. The van der Waals surface area contributed by atoms with Gasteiger partial charge < -0.3 is 43.5 Å². The average Bonchev–Trinajstić information content (AvgIpc) is 3.46. The summed E-state index contributed by atoms with van der Waals surface area (Å²) in [5.74, 6) is -0.245. The van der Waals surface area contributed by atoms with Crippen molar-refractivity contribution in [3.8, 4) is 0 Å². The third-order valence-electron chi connectivity index (χ3n) is 7.77. The van der Waals surface area contributed by atoms with E-state index in [-0.39, 0.29) is 35.4 Å². The molecule has 8 heteroatoms. The molecule has 6 nitrogen and oxygen atoms in total. The van der Waals surface area contributed by atoms with Crippen molar-refractivity contribution in [1.82, 2.24) is 4.90 Å². The number of hydrogen-bond donors (Lipinski definition) is 1. The Balaban J connectivity index is 0.00000370. The molecule has 0 atom stereocenters. The molecule has 212 valence electrons. The van der Waals surface area contributed by atoms with Crippen molar-refractivity contribution in [3.63, 3.8) is 0 Å². The summed E-state index contributed by atoms with van der Waals surface area (Å²) in [6.07, 6.45) is 7.23. The second kappa shape index (κ2) is 13.6. The largest absolute Gasteiger partial charge is 1.00 e. The minimum atomic E-state index is -0.374. The number of anilines is 2. The summed E-state index contributed by atoms with van der Waals surface area (Å²) in [7, 11) is 1.95. The van der Waals surface area contributed by atoms with Gasteiger partial charge in [-0.05, 0) is 89.2 Å². The monoisotopic (exact) mass is 656 g/mol. The highest BCUT2D eigenvalue weighted by Gasteiger charge is 2.15. The van der Waals surface area contributed by atoms with E-state index in [0.717, 1.165) is 60.3 Å². The molecule has 4 aromatic rings. The lowest BCUT2D eigenvalue weighted by Crippen LogP contribution is -3.00. The number of likely N-dealkylation sites (tertiary alicyclic amines) is 1. The number of halogens is 2. The van der Waals surface area contributed by atoms with Crippen LogP contribution in [0.25, 0.3) is 34.0 Å². The summed E-state index contributed by atoms with van der Waals surface area (Å²) < 4.78 is 22.5. The summed E-state index contributed by atoms with van der Waals surface area (Å²) in [5, 5.41) is 4.99. The highest BCUT2D eigenvalue weighted by molar-refractivity contribution is 5.84. The number of fused-ring (bicyclic) bond motifs is 2. The number of benzene rings is 2. The summed E-state index contributed by atoms with van der Waals surface area (Å²) >= 11 is 0. The Labute approximate surface area is 252 Å². The predicted molar refractivity (Wildman–Crippen MR) is 159 cm³/mol. The van der Waals surface area contributed by atoms with Crippen molar-refractivity contribution in [2.45, 2.75) is 33.1 Å². The van der Waals surface area contributed by atoms with Gasteiger partial charge in [0.25, 0.3) is 0 Å². The maximum atomic E-state index is 14.8. The molecule has 3 heterocycles. The number of nitrogens with zero attached hydrogens (tertiary/aromatic N) is 3. The molecule has 5 rings (SSSR count). The van der Waals surface area contributed by atoms with Crippen LogP contribution in [-0.4, -0.2) is 44.2 Å². The first-order valence-electron chi connectivity index (χ1n) is 14.1. The van der Waals surface area contributed by atoms with E-state index in [1.807, 2.05) is 54.1 Å². The van der Waals surface area contributed by atoms with Gasteiger partial charge in [0, 0.05) is 60.4 Å². The molecule has 0 aliphatic carbocycles. The van der Waals surface area contributed by atoms with Crippen molar-refractivity contribution in [2.24, 2.45) is 7.05 Å². The number of rotatable bonds is 10. The third-order valence-corrected chi connectivity index (χ3v) is 7.77. The van der Waals surface area contributed by atoms with Crippen LogP contribution in [0.1, 0.15) is 44.4 Å². The number of aromatic nitrogens is 1. The van der Waals surface area contributed by atoms with Gasteiger partial charge in [0.2, 0.25) is 11.2 Å². The fraction of sp³-hybridized carbons (Fsp3) is 0.375. The van der Waals surface area contributed by atoms with Gasteiger partial charge >= 0.3 is 5.63 Å². The molecular formula is C32H38FIN4O2. The highest BCUT2D eigenvalue weighted by Crippen LogP contribution is 2.24. The zero-order valence-corrected chi connectivity index (χ0v) is 25.7. The molecule has 1 aliphatic rings. The summed E-state index contributed by atoms with van der Waals surface area (Å²) in [4.78, 5) is 17.5. The topological polar surface area (TPSA) is 52.6 Å². The molecule has 1 N–H and O–H groups in total. The minimum absolute atomic E-state index is 0. The lowest BCUT2D eigenvalue weighted by Gasteiger charge is -2.20. The van der Waals surface area contributed by atoms with E-state index in [9.17, 15) is 9.18 Å². The van der Waals surface area contributed by atoms with Crippen LogP contribution in [0.15, 0.2) is 57.7 Å². The molecule has 0 spiro atoms. The molecule has 1 aliphatic heterocycles. The van der Waals surface area contributed by atoms with Crippen LogP contribution in [0, 0.1) is 5.82 Å². The number of pyridine rings is 1. The van der Waals surface area contributed by atoms with Crippen LogP contribution >= 0.6 is 0 Å². The van der Waals surface area contributed by atoms with Crippen molar-refractivity contribution < 1.29 is 37.4 Å². The van der Waals surface area contributed by atoms with Crippen LogP contribution in [0.3, 0.4) is 0 Å². The zero-order valence-electron chi connectivity index (χ0n) is 23.6. The van der Waals surface area contributed by atoms with Gasteiger partial charge in [0.15, 0.2) is 0 Å². The van der Waals surface area contributed by atoms with Crippen LogP contribution in [0.4, 0.5) is 15.8 Å². The van der Waals surface area contributed by atoms with E-state index in [1.54, 1.807) is 12.1 Å². The lowest BCUT2D eigenvalue weighted by atomic mass is 10.1. The van der Waals surface area contributed by atoms with E-state index < -0.39 is 0 Å². The van der Waals surface area contributed by atoms with Crippen molar-refractivity contribution in [2.75, 3.05) is 49.5 Å². The molecule has 0 bridgehead atoms. The highest BCUT2D eigenvalue weighted by atomic mass is 127. The maximum Gasteiger partial charge on any atom is 0.343 e. The summed E-state index contributed by atoms with van der Waals surface area (Å²) in [6.45, 7) is 10.1. The van der Waals surface area contributed by atoms with E-state index in [2.05, 4.69) is 35.0 Å². The van der Waals surface area contributed by atoms with Crippen molar-refractivity contribution in [1.29, 1.82) is 0 Å². The maximum absolute atomic E-state index is 14.8. The average molecular weight is 657 g/mol. The summed E-state index contributed by atoms with van der Waals surface area (Å²) in [6, 6.07) is 15.1. The van der Waals surface area contributed by atoms with Crippen LogP contribution in [0.5, 0.6) is 0 Å². The molecule has 0 unspecified atom stereocenters. The molecule has 2 aromatic heterocycles. The molecule has 0 saturated carbocycles. The smallest absolute Gasteiger partial charge is 0.343 e. The van der Waals surface area contributed by atoms with E-state index in [1.165, 1.54) is 25.9 Å². The first kappa shape index (κ1) is 30.0. The Morgan fingerprint density at radius 2 is 1.77 bits per heavy atom. The third kappa shape index (κ3) is 6.66. The molecule has 2 aromatic carbocycles. The molecular weight excluding hydrogens is 618 g/mol. The molecule has 0 amide bonds. The van der Waals surface area contributed by atoms with Crippen LogP contribution < -0.4 is 44.4 Å². The van der Waals surface area contributed by atoms with Gasteiger partial charge in [-0.1, -0.05) is 0 Å². The Hall–Kier alpha value is -2.98.